The van der Waals surface area contributed by atoms with Gasteiger partial charge in [-0.05, 0) is 39.0 Å². The summed E-state index contributed by atoms with van der Waals surface area (Å²) >= 11 is 0. The molecule has 130 valence electrons. The van der Waals surface area contributed by atoms with E-state index < -0.39 is 17.6 Å². The van der Waals surface area contributed by atoms with Crippen LogP contribution in [0, 0.1) is 11.8 Å². The lowest BCUT2D eigenvalue weighted by atomic mass is 9.74. The molecule has 0 bridgehead atoms. The Morgan fingerprint density at radius 1 is 1.18 bits per heavy atom. The topological polar surface area (TPSA) is 55.1 Å². The minimum Gasteiger partial charge on any atom is -0.353 e. The standard InChI is InChI=1S/C15H25F3N2O.ClH/c1-14(19)8-3-2-7-12(14)13(21)20-11-6-4-5-10(9-11)15(16,17)18;/h10-12H,2-9,19H2,1H3,(H,20,21);1H. The number of nitrogens with one attached hydrogen (secondary N) is 1. The van der Waals surface area contributed by atoms with Crippen molar-refractivity contribution in [2.75, 3.05) is 0 Å². The van der Waals surface area contributed by atoms with Crippen molar-refractivity contribution in [2.24, 2.45) is 17.6 Å². The zero-order chi connectivity index (χ0) is 15.7. The quantitative estimate of drug-likeness (QED) is 0.806. The number of alkyl halides is 3. The van der Waals surface area contributed by atoms with E-state index in [1.165, 1.54) is 0 Å². The SMILES string of the molecule is CC1(N)CCCCC1C(=O)NC1CCCC(C(F)(F)F)C1.Cl. The predicted molar refractivity (Wildman–Crippen MR) is 81.7 cm³/mol. The van der Waals surface area contributed by atoms with Gasteiger partial charge in [-0.2, -0.15) is 13.2 Å². The fraction of sp³-hybridized carbons (Fsp3) is 0.933. The molecule has 0 aliphatic heterocycles. The van der Waals surface area contributed by atoms with Gasteiger partial charge in [-0.25, -0.2) is 0 Å². The van der Waals surface area contributed by atoms with Gasteiger partial charge in [-0.1, -0.05) is 19.3 Å². The van der Waals surface area contributed by atoms with E-state index in [1.54, 1.807) is 0 Å². The maximum atomic E-state index is 12.8. The number of rotatable bonds is 2. The van der Waals surface area contributed by atoms with Crippen LogP contribution in [0.4, 0.5) is 13.2 Å². The molecular formula is C15H26ClF3N2O. The fourth-order valence-corrected chi connectivity index (χ4v) is 3.71. The van der Waals surface area contributed by atoms with E-state index in [9.17, 15) is 18.0 Å². The van der Waals surface area contributed by atoms with Gasteiger partial charge in [0.15, 0.2) is 0 Å². The van der Waals surface area contributed by atoms with E-state index in [0.717, 1.165) is 25.7 Å². The second-order valence-electron chi connectivity index (χ2n) is 6.91. The minimum atomic E-state index is -4.16. The second-order valence-corrected chi connectivity index (χ2v) is 6.91. The first-order chi connectivity index (χ1) is 9.70. The Labute approximate surface area is 136 Å². The van der Waals surface area contributed by atoms with E-state index in [4.69, 9.17) is 5.73 Å². The summed E-state index contributed by atoms with van der Waals surface area (Å²) < 4.78 is 38.4. The molecule has 4 atom stereocenters. The van der Waals surface area contributed by atoms with Crippen LogP contribution in [0.15, 0.2) is 0 Å². The van der Waals surface area contributed by atoms with Gasteiger partial charge in [0.2, 0.25) is 5.91 Å². The van der Waals surface area contributed by atoms with Gasteiger partial charge in [0.25, 0.3) is 0 Å². The minimum absolute atomic E-state index is 0. The molecule has 0 aromatic carbocycles. The van der Waals surface area contributed by atoms with Crippen molar-refractivity contribution < 1.29 is 18.0 Å². The summed E-state index contributed by atoms with van der Waals surface area (Å²) in [4.78, 5) is 12.4. The third-order valence-corrected chi connectivity index (χ3v) is 5.05. The molecule has 22 heavy (non-hydrogen) atoms. The van der Waals surface area contributed by atoms with Crippen LogP contribution in [0.25, 0.3) is 0 Å². The van der Waals surface area contributed by atoms with Crippen molar-refractivity contribution in [1.82, 2.24) is 5.32 Å². The first-order valence-corrected chi connectivity index (χ1v) is 7.86. The molecule has 0 spiro atoms. The Bertz CT molecular complexity index is 387. The summed E-state index contributed by atoms with van der Waals surface area (Å²) in [6.45, 7) is 1.87. The van der Waals surface area contributed by atoms with E-state index in [0.29, 0.717) is 12.8 Å². The van der Waals surface area contributed by atoms with Crippen molar-refractivity contribution in [3.05, 3.63) is 0 Å². The first kappa shape index (κ1) is 19.6. The van der Waals surface area contributed by atoms with Crippen LogP contribution in [-0.2, 0) is 4.79 Å². The van der Waals surface area contributed by atoms with Gasteiger partial charge in [0.1, 0.15) is 0 Å². The highest BCUT2D eigenvalue weighted by atomic mass is 35.5. The molecular weight excluding hydrogens is 317 g/mol. The Morgan fingerprint density at radius 2 is 1.86 bits per heavy atom. The number of hydrogen-bond donors (Lipinski definition) is 2. The molecule has 7 heteroatoms. The van der Waals surface area contributed by atoms with Crippen LogP contribution in [0.2, 0.25) is 0 Å². The normalized spacial score (nSPS) is 36.3. The predicted octanol–water partition coefficient (Wildman–Crippen LogP) is 3.55. The number of amides is 1. The lowest BCUT2D eigenvalue weighted by Crippen LogP contribution is -2.55. The van der Waals surface area contributed by atoms with Crippen molar-refractivity contribution in [1.29, 1.82) is 0 Å². The summed E-state index contributed by atoms with van der Waals surface area (Å²) in [7, 11) is 0. The maximum absolute atomic E-state index is 12.8. The zero-order valence-corrected chi connectivity index (χ0v) is 13.7. The van der Waals surface area contributed by atoms with Crippen molar-refractivity contribution >= 4 is 18.3 Å². The largest absolute Gasteiger partial charge is 0.391 e. The molecule has 2 fully saturated rings. The number of halogens is 4. The Hall–Kier alpha value is -0.490. The molecule has 4 unspecified atom stereocenters. The molecule has 3 nitrogen and oxygen atoms in total. The lowest BCUT2D eigenvalue weighted by Gasteiger charge is -2.39. The molecule has 0 saturated heterocycles. The maximum Gasteiger partial charge on any atom is 0.391 e. The number of hydrogen-bond acceptors (Lipinski definition) is 2. The van der Waals surface area contributed by atoms with Crippen LogP contribution < -0.4 is 11.1 Å². The molecule has 2 aliphatic carbocycles. The molecule has 1 amide bonds. The molecule has 2 aliphatic rings. The Morgan fingerprint density at radius 3 is 2.45 bits per heavy atom. The third-order valence-electron chi connectivity index (χ3n) is 5.05. The zero-order valence-electron chi connectivity index (χ0n) is 12.9. The molecule has 2 rings (SSSR count). The molecule has 0 aromatic rings. The van der Waals surface area contributed by atoms with Crippen molar-refractivity contribution in [3.63, 3.8) is 0 Å². The summed E-state index contributed by atoms with van der Waals surface area (Å²) in [5, 5.41) is 2.83. The van der Waals surface area contributed by atoms with Gasteiger partial charge in [-0.15, -0.1) is 12.4 Å². The van der Waals surface area contributed by atoms with E-state index in [-0.39, 0.29) is 43.1 Å². The second kappa shape index (κ2) is 7.39. The van der Waals surface area contributed by atoms with E-state index in [1.807, 2.05) is 6.92 Å². The molecule has 0 aromatic heterocycles. The summed E-state index contributed by atoms with van der Waals surface area (Å²) in [5.74, 6) is -1.72. The van der Waals surface area contributed by atoms with E-state index >= 15 is 0 Å². The average molecular weight is 343 g/mol. The van der Waals surface area contributed by atoms with Crippen LogP contribution in [-0.4, -0.2) is 23.7 Å². The highest BCUT2D eigenvalue weighted by molar-refractivity contribution is 5.85. The van der Waals surface area contributed by atoms with E-state index in [2.05, 4.69) is 5.32 Å². The number of carbonyl (C=O) groups is 1. The lowest BCUT2D eigenvalue weighted by molar-refractivity contribution is -0.184. The molecule has 0 radical (unpaired) electrons. The van der Waals surface area contributed by atoms with Crippen LogP contribution >= 0.6 is 12.4 Å². The third kappa shape index (κ3) is 4.75. The monoisotopic (exact) mass is 342 g/mol. The molecule has 0 heterocycles. The van der Waals surface area contributed by atoms with Gasteiger partial charge in [-0.3, -0.25) is 4.79 Å². The average Bonchev–Trinajstić information content (AvgIpc) is 2.37. The van der Waals surface area contributed by atoms with Crippen molar-refractivity contribution in [2.45, 2.75) is 76.0 Å². The van der Waals surface area contributed by atoms with Crippen LogP contribution in [0.5, 0.6) is 0 Å². The molecule has 2 saturated carbocycles. The Balaban J connectivity index is 0.00000242. The summed E-state index contributed by atoms with van der Waals surface area (Å²) in [6.07, 6.45) is 0.659. The summed E-state index contributed by atoms with van der Waals surface area (Å²) in [5.41, 5.74) is 5.64. The number of carbonyl (C=O) groups excluding carboxylic acids is 1. The highest BCUT2D eigenvalue weighted by Crippen LogP contribution is 2.38. The van der Waals surface area contributed by atoms with Gasteiger partial charge < -0.3 is 11.1 Å². The smallest absolute Gasteiger partial charge is 0.353 e. The van der Waals surface area contributed by atoms with Gasteiger partial charge >= 0.3 is 6.18 Å². The van der Waals surface area contributed by atoms with Crippen molar-refractivity contribution in [3.8, 4) is 0 Å². The van der Waals surface area contributed by atoms with Gasteiger partial charge in [0, 0.05) is 11.6 Å². The summed E-state index contributed by atoms with van der Waals surface area (Å²) in [6, 6.07) is -0.365. The fourth-order valence-electron chi connectivity index (χ4n) is 3.71. The van der Waals surface area contributed by atoms with Gasteiger partial charge in [0.05, 0.1) is 11.8 Å². The van der Waals surface area contributed by atoms with Crippen LogP contribution in [0.3, 0.4) is 0 Å². The number of nitrogens with two attached hydrogens (primary N) is 1. The Kier molecular flexibility index (Phi) is 6.57. The van der Waals surface area contributed by atoms with Crippen LogP contribution in [0.1, 0.15) is 58.3 Å². The first-order valence-electron chi connectivity index (χ1n) is 7.86. The molecule has 3 N–H and O–H groups in total. The highest BCUT2D eigenvalue weighted by Gasteiger charge is 2.43.